The second kappa shape index (κ2) is 3.79. The van der Waals surface area contributed by atoms with Gasteiger partial charge in [-0.3, -0.25) is 4.79 Å². The van der Waals surface area contributed by atoms with Crippen molar-refractivity contribution >= 4 is 21.7 Å². The van der Waals surface area contributed by atoms with Crippen molar-refractivity contribution in [1.82, 2.24) is 0 Å². The topological polar surface area (TPSA) is 35.5 Å². The maximum Gasteiger partial charge on any atom is 0.181 e. The third-order valence-electron chi connectivity index (χ3n) is 4.35. The van der Waals surface area contributed by atoms with Crippen LogP contribution in [-0.4, -0.2) is 35.0 Å². The molecule has 0 unspecified atom stereocenters. The minimum Gasteiger partial charge on any atom is -0.371 e. The highest BCUT2D eigenvalue weighted by Gasteiger charge is 2.64. The van der Waals surface area contributed by atoms with Gasteiger partial charge in [-0.2, -0.15) is 0 Å². The van der Waals surface area contributed by atoms with Gasteiger partial charge in [0.2, 0.25) is 0 Å². The van der Waals surface area contributed by atoms with Crippen LogP contribution in [0.5, 0.6) is 0 Å². The van der Waals surface area contributed by atoms with Crippen molar-refractivity contribution in [3.8, 4) is 0 Å². The molecule has 0 amide bonds. The van der Waals surface area contributed by atoms with E-state index in [9.17, 15) is 4.79 Å². The lowest BCUT2D eigenvalue weighted by molar-refractivity contribution is -0.190. The summed E-state index contributed by atoms with van der Waals surface area (Å²) in [6, 6.07) is 0. The van der Waals surface area contributed by atoms with Gasteiger partial charge in [-0.05, 0) is 38.5 Å². The monoisotopic (exact) mass is 288 g/mol. The Hall–Kier alpha value is 0.0700. The number of ether oxygens (including phenoxy) is 2. The van der Waals surface area contributed by atoms with Gasteiger partial charge in [0, 0.05) is 13.2 Å². The molecule has 2 saturated heterocycles. The normalized spacial score (nSPS) is 48.3. The number of rotatable bonds is 0. The molecule has 3 atom stereocenters. The van der Waals surface area contributed by atoms with Crippen LogP contribution in [0.2, 0.25) is 0 Å². The molecule has 0 N–H and O–H groups in total. The van der Waals surface area contributed by atoms with E-state index in [1.807, 2.05) is 0 Å². The first-order chi connectivity index (χ1) is 7.70. The molecule has 0 aromatic heterocycles. The average Bonchev–Trinajstić information content (AvgIpc) is 2.93. The fraction of sp³-hybridized carbons (Fsp3) is 0.917. The Labute approximate surface area is 104 Å². The van der Waals surface area contributed by atoms with Gasteiger partial charge < -0.3 is 9.47 Å². The lowest BCUT2D eigenvalue weighted by Crippen LogP contribution is -2.63. The Bertz CT molecular complexity index is 303. The number of hydrogen-bond donors (Lipinski definition) is 0. The fourth-order valence-corrected chi connectivity index (χ4v) is 4.18. The predicted octanol–water partition coefficient (Wildman–Crippen LogP) is 2.21. The zero-order valence-corrected chi connectivity index (χ0v) is 10.9. The summed E-state index contributed by atoms with van der Waals surface area (Å²) in [7, 11) is 0. The molecule has 1 saturated carbocycles. The molecule has 3 nitrogen and oxygen atoms in total. The Morgan fingerprint density at radius 2 is 1.88 bits per heavy atom. The van der Waals surface area contributed by atoms with Gasteiger partial charge in [0.1, 0.15) is 5.60 Å². The smallest absolute Gasteiger partial charge is 0.181 e. The van der Waals surface area contributed by atoms with Gasteiger partial charge in [0.15, 0.2) is 11.4 Å². The Balaban J connectivity index is 2.01. The number of halogens is 1. The van der Waals surface area contributed by atoms with Crippen molar-refractivity contribution in [2.24, 2.45) is 0 Å². The summed E-state index contributed by atoms with van der Waals surface area (Å²) in [6.07, 6.45) is 5.70. The quantitative estimate of drug-likeness (QED) is 0.641. The molecule has 0 radical (unpaired) electrons. The Morgan fingerprint density at radius 3 is 2.50 bits per heavy atom. The highest BCUT2D eigenvalue weighted by Crippen LogP contribution is 2.52. The third-order valence-corrected chi connectivity index (χ3v) is 5.22. The second-order valence-corrected chi connectivity index (χ2v) is 6.20. The lowest BCUT2D eigenvalue weighted by Gasteiger charge is -2.48. The van der Waals surface area contributed by atoms with Crippen molar-refractivity contribution in [2.45, 2.75) is 54.6 Å². The standard InChI is InChI=1S/C12H17BrO3/c13-9-3-6-11(4-1-7-15-11)12(10(9)14)5-2-8-16-12/h9H,1-8H2/t9-,11-,12+/m0/s1. The van der Waals surface area contributed by atoms with Crippen molar-refractivity contribution < 1.29 is 14.3 Å². The van der Waals surface area contributed by atoms with E-state index in [4.69, 9.17) is 9.47 Å². The highest BCUT2D eigenvalue weighted by molar-refractivity contribution is 9.10. The van der Waals surface area contributed by atoms with Crippen LogP contribution in [0.4, 0.5) is 0 Å². The molecule has 2 aliphatic heterocycles. The summed E-state index contributed by atoms with van der Waals surface area (Å²) >= 11 is 3.48. The number of carbonyl (C=O) groups is 1. The molecule has 4 heteroatoms. The Kier molecular flexibility index (Phi) is 2.64. The van der Waals surface area contributed by atoms with E-state index in [1.165, 1.54) is 0 Å². The summed E-state index contributed by atoms with van der Waals surface area (Å²) < 4.78 is 11.9. The summed E-state index contributed by atoms with van der Waals surface area (Å²) in [5.41, 5.74) is -0.930. The minimum atomic E-state index is -0.629. The molecule has 0 aromatic rings. The minimum absolute atomic E-state index is 0.0413. The number of fused-ring (bicyclic) bond motifs is 1. The van der Waals surface area contributed by atoms with E-state index in [2.05, 4.69) is 15.9 Å². The first-order valence-electron chi connectivity index (χ1n) is 6.17. The molecule has 0 bridgehead atoms. The summed E-state index contributed by atoms with van der Waals surface area (Å²) in [6.45, 7) is 1.49. The van der Waals surface area contributed by atoms with Crippen LogP contribution in [0.3, 0.4) is 0 Å². The summed E-state index contributed by atoms with van der Waals surface area (Å²) in [5.74, 6) is 0.221. The maximum atomic E-state index is 12.5. The fourth-order valence-electron chi connectivity index (χ4n) is 3.58. The average molecular weight is 289 g/mol. The van der Waals surface area contributed by atoms with E-state index < -0.39 is 5.60 Å². The van der Waals surface area contributed by atoms with Crippen LogP contribution in [0.1, 0.15) is 38.5 Å². The number of carbonyl (C=O) groups excluding carboxylic acids is 1. The van der Waals surface area contributed by atoms with Gasteiger partial charge in [-0.1, -0.05) is 15.9 Å². The molecule has 90 valence electrons. The van der Waals surface area contributed by atoms with Gasteiger partial charge in [-0.15, -0.1) is 0 Å². The van der Waals surface area contributed by atoms with Crippen LogP contribution < -0.4 is 0 Å². The maximum absolute atomic E-state index is 12.5. The van der Waals surface area contributed by atoms with Crippen molar-refractivity contribution in [2.75, 3.05) is 13.2 Å². The molecule has 2 heterocycles. The van der Waals surface area contributed by atoms with Crippen LogP contribution >= 0.6 is 15.9 Å². The SMILES string of the molecule is O=C1[C@@H](Br)CC[C@@]2(CCCO2)[C@@]12CCCO2. The van der Waals surface area contributed by atoms with Gasteiger partial charge in [0.05, 0.1) is 4.83 Å². The van der Waals surface area contributed by atoms with Gasteiger partial charge >= 0.3 is 0 Å². The van der Waals surface area contributed by atoms with Crippen LogP contribution in [0, 0.1) is 0 Å². The number of hydrogen-bond acceptors (Lipinski definition) is 3. The van der Waals surface area contributed by atoms with Gasteiger partial charge in [-0.25, -0.2) is 0 Å². The molecule has 2 spiro atoms. The van der Waals surface area contributed by atoms with E-state index in [1.54, 1.807) is 0 Å². The summed E-state index contributed by atoms with van der Waals surface area (Å²) in [5, 5.41) is 0. The van der Waals surface area contributed by atoms with E-state index in [0.717, 1.165) is 45.1 Å². The second-order valence-electron chi connectivity index (χ2n) is 5.10. The highest BCUT2D eigenvalue weighted by atomic mass is 79.9. The van der Waals surface area contributed by atoms with E-state index in [-0.39, 0.29) is 16.2 Å². The molecule has 3 fully saturated rings. The molecule has 3 aliphatic rings. The number of ketones is 1. The molecule has 16 heavy (non-hydrogen) atoms. The van der Waals surface area contributed by atoms with Crippen LogP contribution in [0.15, 0.2) is 0 Å². The Morgan fingerprint density at radius 1 is 1.12 bits per heavy atom. The van der Waals surface area contributed by atoms with Crippen molar-refractivity contribution in [3.63, 3.8) is 0 Å². The largest absolute Gasteiger partial charge is 0.371 e. The van der Waals surface area contributed by atoms with Crippen molar-refractivity contribution in [1.29, 1.82) is 0 Å². The van der Waals surface area contributed by atoms with E-state index in [0.29, 0.717) is 6.61 Å². The molecular weight excluding hydrogens is 272 g/mol. The molecule has 0 aromatic carbocycles. The number of alkyl halides is 1. The van der Waals surface area contributed by atoms with Crippen LogP contribution in [-0.2, 0) is 14.3 Å². The zero-order valence-electron chi connectivity index (χ0n) is 9.34. The van der Waals surface area contributed by atoms with Crippen molar-refractivity contribution in [3.05, 3.63) is 0 Å². The molecule has 1 aliphatic carbocycles. The third kappa shape index (κ3) is 1.30. The molecule has 3 rings (SSSR count). The van der Waals surface area contributed by atoms with Gasteiger partial charge in [0.25, 0.3) is 0 Å². The lowest BCUT2D eigenvalue weighted by atomic mass is 9.68. The number of Topliss-reactive ketones (excluding diaryl/α,β-unsaturated/α-hetero) is 1. The predicted molar refractivity (Wildman–Crippen MR) is 62.8 cm³/mol. The zero-order chi connectivity index (χ0) is 11.2. The summed E-state index contributed by atoms with van der Waals surface area (Å²) in [4.78, 5) is 12.4. The van der Waals surface area contributed by atoms with Crippen LogP contribution in [0.25, 0.3) is 0 Å². The first kappa shape index (κ1) is 11.2. The molecular formula is C12H17BrO3. The van der Waals surface area contributed by atoms with E-state index >= 15 is 0 Å². The first-order valence-corrected chi connectivity index (χ1v) is 7.08.